The zero-order valence-electron chi connectivity index (χ0n) is 23.8. The number of allylic oxidation sites excluding steroid dienone is 9. The van der Waals surface area contributed by atoms with E-state index in [1.165, 1.54) is 27.6 Å². The van der Waals surface area contributed by atoms with Gasteiger partial charge in [0.15, 0.2) is 0 Å². The Labute approximate surface area is 248 Å². The Morgan fingerprint density at radius 2 is 1.43 bits per heavy atom. The average molecular weight is 545 g/mol. The number of nitrogen functional groups attached to an aromatic ring is 1. The van der Waals surface area contributed by atoms with Crippen LogP contribution in [0.3, 0.4) is 0 Å². The highest BCUT2D eigenvalue weighted by atomic mass is 14.9. The van der Waals surface area contributed by atoms with Crippen molar-refractivity contribution in [2.24, 2.45) is 23.7 Å². The molecule has 4 aliphatic rings. The summed E-state index contributed by atoms with van der Waals surface area (Å²) in [6.45, 7) is 0. The number of nitrogens with one attached hydrogen (secondary N) is 1. The molecule has 2 nitrogen and oxygen atoms in total. The van der Waals surface area contributed by atoms with Crippen LogP contribution < -0.4 is 11.1 Å². The Hall–Kier alpha value is -4.56. The van der Waals surface area contributed by atoms with Gasteiger partial charge in [0.05, 0.1) is 6.04 Å². The Morgan fingerprint density at radius 1 is 0.714 bits per heavy atom. The lowest BCUT2D eigenvalue weighted by Crippen LogP contribution is -2.46. The van der Waals surface area contributed by atoms with Crippen molar-refractivity contribution in [3.63, 3.8) is 0 Å². The molecular formula is C40H36N2. The van der Waals surface area contributed by atoms with Crippen LogP contribution in [0.25, 0.3) is 27.1 Å². The quantitative estimate of drug-likeness (QED) is 0.152. The summed E-state index contributed by atoms with van der Waals surface area (Å²) < 4.78 is 0. The predicted octanol–water partition coefficient (Wildman–Crippen LogP) is 9.65. The summed E-state index contributed by atoms with van der Waals surface area (Å²) in [5, 5.41) is 8.69. The van der Waals surface area contributed by atoms with Gasteiger partial charge in [-0.25, -0.2) is 0 Å². The molecule has 0 heterocycles. The number of fused-ring (bicyclic) bond motifs is 4. The van der Waals surface area contributed by atoms with Crippen LogP contribution >= 0.6 is 0 Å². The third-order valence-corrected chi connectivity index (χ3v) is 9.92. The maximum absolute atomic E-state index is 6.74. The minimum atomic E-state index is 0.272. The van der Waals surface area contributed by atoms with Gasteiger partial charge < -0.3 is 11.1 Å². The molecule has 0 spiro atoms. The van der Waals surface area contributed by atoms with Crippen LogP contribution in [0.1, 0.15) is 24.8 Å². The lowest BCUT2D eigenvalue weighted by molar-refractivity contribution is 0.274. The predicted molar refractivity (Wildman–Crippen MR) is 179 cm³/mol. The van der Waals surface area contributed by atoms with Gasteiger partial charge in [-0.1, -0.05) is 127 Å². The highest BCUT2D eigenvalue weighted by molar-refractivity contribution is 6.17. The summed E-state index contributed by atoms with van der Waals surface area (Å²) in [5.41, 5.74) is 14.6. The van der Waals surface area contributed by atoms with Crippen molar-refractivity contribution in [3.05, 3.63) is 150 Å². The van der Waals surface area contributed by atoms with Crippen molar-refractivity contribution in [2.45, 2.75) is 25.3 Å². The van der Waals surface area contributed by atoms with E-state index < -0.39 is 0 Å². The Bertz CT molecular complexity index is 1810. The van der Waals surface area contributed by atoms with Crippen LogP contribution in [0, 0.1) is 23.7 Å². The molecule has 4 aromatic carbocycles. The molecule has 4 aromatic rings. The van der Waals surface area contributed by atoms with Gasteiger partial charge in [0, 0.05) is 28.1 Å². The maximum Gasteiger partial charge on any atom is 0.0579 e. The van der Waals surface area contributed by atoms with Gasteiger partial charge in [-0.05, 0) is 76.6 Å². The number of rotatable bonds is 4. The van der Waals surface area contributed by atoms with E-state index in [0.717, 1.165) is 35.7 Å². The second-order valence-electron chi connectivity index (χ2n) is 12.1. The first-order valence-corrected chi connectivity index (χ1v) is 15.4. The third kappa shape index (κ3) is 4.09. The number of hydrogen-bond donors (Lipinski definition) is 2. The van der Waals surface area contributed by atoms with Crippen LogP contribution in [0.15, 0.2) is 145 Å². The second kappa shape index (κ2) is 10.4. The van der Waals surface area contributed by atoms with Crippen molar-refractivity contribution >= 4 is 38.5 Å². The van der Waals surface area contributed by atoms with E-state index in [2.05, 4.69) is 139 Å². The standard InChI is InChI=1S/C40H36N2/c41-39-33-21-8-4-17-29(33)37(30-18-5-9-22-34(30)39)26-13-12-14-27(25-26)38-31-19-6-10-23-35(31)40(36-24-11-7-20-32(36)38)42-28-15-2-1-3-16-28/h1-6,8-13,15-18,20-25,27,31,36,38,40,42H,7,14,19,41H2. The van der Waals surface area contributed by atoms with E-state index in [4.69, 9.17) is 5.73 Å². The fourth-order valence-corrected chi connectivity index (χ4v) is 8.16. The molecule has 3 N–H and O–H groups in total. The van der Waals surface area contributed by atoms with Gasteiger partial charge in [0.2, 0.25) is 0 Å². The molecule has 0 aliphatic heterocycles. The third-order valence-electron chi connectivity index (χ3n) is 9.92. The number of hydrogen-bond acceptors (Lipinski definition) is 2. The van der Waals surface area contributed by atoms with Crippen LogP contribution in [0.2, 0.25) is 0 Å². The van der Waals surface area contributed by atoms with Crippen molar-refractivity contribution in [3.8, 4) is 0 Å². The number of anilines is 2. The monoisotopic (exact) mass is 544 g/mol. The summed E-state index contributed by atoms with van der Waals surface area (Å²) >= 11 is 0. The molecule has 0 radical (unpaired) electrons. The van der Waals surface area contributed by atoms with Crippen LogP contribution in [-0.2, 0) is 0 Å². The van der Waals surface area contributed by atoms with E-state index >= 15 is 0 Å². The van der Waals surface area contributed by atoms with Crippen LogP contribution in [0.4, 0.5) is 11.4 Å². The Kier molecular flexibility index (Phi) is 6.21. The van der Waals surface area contributed by atoms with E-state index in [1.54, 1.807) is 11.1 Å². The second-order valence-corrected chi connectivity index (χ2v) is 12.1. The first kappa shape index (κ1) is 25.2. The van der Waals surface area contributed by atoms with Gasteiger partial charge in [0.25, 0.3) is 0 Å². The molecule has 0 amide bonds. The normalized spacial score (nSPS) is 26.3. The van der Waals surface area contributed by atoms with E-state index in [0.29, 0.717) is 23.7 Å². The number of para-hydroxylation sites is 1. The zero-order valence-corrected chi connectivity index (χ0v) is 23.8. The molecule has 2 heteroatoms. The van der Waals surface area contributed by atoms with Crippen LogP contribution in [0.5, 0.6) is 0 Å². The Morgan fingerprint density at radius 3 is 2.19 bits per heavy atom. The van der Waals surface area contributed by atoms with Crippen LogP contribution in [-0.4, -0.2) is 6.04 Å². The highest BCUT2D eigenvalue weighted by Gasteiger charge is 2.46. The summed E-state index contributed by atoms with van der Waals surface area (Å²) in [5.74, 6) is 1.74. The molecule has 1 fully saturated rings. The minimum absolute atomic E-state index is 0.272. The first-order chi connectivity index (χ1) is 20.8. The van der Waals surface area contributed by atoms with Crippen molar-refractivity contribution in [1.29, 1.82) is 0 Å². The molecule has 4 aliphatic carbocycles. The van der Waals surface area contributed by atoms with Gasteiger partial charge in [0.1, 0.15) is 0 Å². The van der Waals surface area contributed by atoms with Gasteiger partial charge >= 0.3 is 0 Å². The fraction of sp³-hybridized carbons (Fsp3) is 0.200. The number of nitrogens with two attached hydrogens (primary N) is 1. The summed E-state index contributed by atoms with van der Waals surface area (Å²) in [7, 11) is 0. The molecule has 8 rings (SSSR count). The van der Waals surface area contributed by atoms with E-state index in [9.17, 15) is 0 Å². The van der Waals surface area contributed by atoms with Gasteiger partial charge in [-0.3, -0.25) is 0 Å². The summed E-state index contributed by atoms with van der Waals surface area (Å²) in [4.78, 5) is 0. The lowest BCUT2D eigenvalue weighted by Gasteiger charge is -2.49. The molecular weight excluding hydrogens is 508 g/mol. The Balaban J connectivity index is 1.25. The van der Waals surface area contributed by atoms with Gasteiger partial charge in [-0.2, -0.15) is 0 Å². The zero-order chi connectivity index (χ0) is 28.0. The maximum atomic E-state index is 6.74. The number of benzene rings is 4. The topological polar surface area (TPSA) is 38.0 Å². The van der Waals surface area contributed by atoms with Crippen molar-refractivity contribution in [1.82, 2.24) is 0 Å². The molecule has 1 saturated carbocycles. The molecule has 0 aromatic heterocycles. The molecule has 206 valence electrons. The van der Waals surface area contributed by atoms with Crippen molar-refractivity contribution in [2.75, 3.05) is 11.1 Å². The average Bonchev–Trinajstić information content (AvgIpc) is 3.05. The molecule has 5 unspecified atom stereocenters. The molecule has 0 bridgehead atoms. The van der Waals surface area contributed by atoms with Crippen molar-refractivity contribution < 1.29 is 0 Å². The molecule has 0 saturated heterocycles. The fourth-order valence-electron chi connectivity index (χ4n) is 8.16. The summed E-state index contributed by atoms with van der Waals surface area (Å²) in [6.07, 6.45) is 25.0. The summed E-state index contributed by atoms with van der Waals surface area (Å²) in [6, 6.07) is 28.3. The largest absolute Gasteiger partial charge is 0.398 e. The smallest absolute Gasteiger partial charge is 0.0579 e. The first-order valence-electron chi connectivity index (χ1n) is 15.4. The lowest BCUT2D eigenvalue weighted by atomic mass is 9.57. The molecule has 42 heavy (non-hydrogen) atoms. The SMILES string of the molecule is Nc1c2ccccc2c(C2=CC(C3C4=CCC=CC4C(Nc4ccccc4)C4=CC=CCC43)CC=C2)c2ccccc12. The molecule has 5 atom stereocenters. The van der Waals surface area contributed by atoms with E-state index in [1.807, 2.05) is 0 Å². The minimum Gasteiger partial charge on any atom is -0.398 e. The highest BCUT2D eigenvalue weighted by Crippen LogP contribution is 2.53. The van der Waals surface area contributed by atoms with Gasteiger partial charge in [-0.15, -0.1) is 0 Å². The van der Waals surface area contributed by atoms with E-state index in [-0.39, 0.29) is 6.04 Å².